The number of anilines is 1. The van der Waals surface area contributed by atoms with Crippen molar-refractivity contribution in [2.75, 3.05) is 11.9 Å². The minimum atomic E-state index is 0.261. The third kappa shape index (κ3) is 3.27. The summed E-state index contributed by atoms with van der Waals surface area (Å²) in [7, 11) is 0. The minimum absolute atomic E-state index is 0.261. The van der Waals surface area contributed by atoms with E-state index < -0.39 is 0 Å². The molecule has 20 heavy (non-hydrogen) atoms. The number of aryl methyl sites for hydroxylation is 1. The van der Waals surface area contributed by atoms with Crippen LogP contribution < -0.4 is 5.32 Å². The molecule has 0 spiro atoms. The number of hydrogen-bond acceptors (Lipinski definition) is 7. The first-order valence-corrected chi connectivity index (χ1v) is 7.43. The molecule has 0 radical (unpaired) electrons. The normalized spacial score (nSPS) is 11.1. The topological polar surface area (TPSA) is 76.7 Å². The number of aromatic nitrogens is 4. The molecule has 1 N–H and O–H groups in total. The molecule has 2 heterocycles. The molecule has 0 fully saturated rings. The zero-order valence-electron chi connectivity index (χ0n) is 12.4. The summed E-state index contributed by atoms with van der Waals surface area (Å²) in [5, 5.41) is 12.5. The fraction of sp³-hybridized carbons (Fsp3) is 0.538. The van der Waals surface area contributed by atoms with E-state index in [2.05, 4.69) is 39.3 Å². The average Bonchev–Trinajstić information content (AvgIpc) is 2.79. The van der Waals surface area contributed by atoms with Crippen molar-refractivity contribution < 1.29 is 4.42 Å². The molecule has 0 atom stereocenters. The quantitative estimate of drug-likeness (QED) is 0.848. The minimum Gasteiger partial charge on any atom is -0.416 e. The summed E-state index contributed by atoms with van der Waals surface area (Å²) < 4.78 is 5.40. The zero-order chi connectivity index (χ0) is 14.7. The van der Waals surface area contributed by atoms with E-state index >= 15 is 0 Å². The van der Waals surface area contributed by atoms with Crippen molar-refractivity contribution >= 4 is 17.6 Å². The Hall–Kier alpha value is -1.63. The van der Waals surface area contributed by atoms with Crippen LogP contribution in [0.3, 0.4) is 0 Å². The molecule has 108 valence electrons. The average molecular weight is 293 g/mol. The van der Waals surface area contributed by atoms with E-state index in [1.165, 1.54) is 11.8 Å². The van der Waals surface area contributed by atoms with Crippen molar-refractivity contribution in [3.05, 3.63) is 17.3 Å². The molecule has 0 amide bonds. The van der Waals surface area contributed by atoms with Gasteiger partial charge in [-0.1, -0.05) is 13.8 Å². The van der Waals surface area contributed by atoms with Crippen molar-refractivity contribution in [2.24, 2.45) is 0 Å². The van der Waals surface area contributed by atoms with Gasteiger partial charge >= 0.3 is 0 Å². The van der Waals surface area contributed by atoms with E-state index in [4.69, 9.17) is 4.42 Å². The SMILES string of the molecule is CCNc1nc(C(C)C)nc(Sc2nnc(C)o2)c1C. The lowest BCUT2D eigenvalue weighted by molar-refractivity contribution is 0.429. The molecule has 0 bridgehead atoms. The highest BCUT2D eigenvalue weighted by molar-refractivity contribution is 7.99. The fourth-order valence-electron chi connectivity index (χ4n) is 1.61. The molecule has 0 saturated carbocycles. The Bertz CT molecular complexity index is 596. The molecule has 0 aliphatic rings. The third-order valence-electron chi connectivity index (χ3n) is 2.67. The van der Waals surface area contributed by atoms with Crippen LogP contribution >= 0.6 is 11.8 Å². The molecule has 0 aliphatic carbocycles. The van der Waals surface area contributed by atoms with Gasteiger partial charge in [-0.05, 0) is 25.6 Å². The summed E-state index contributed by atoms with van der Waals surface area (Å²) >= 11 is 1.38. The number of rotatable bonds is 5. The van der Waals surface area contributed by atoms with Crippen molar-refractivity contribution in [1.82, 2.24) is 20.2 Å². The number of nitrogens with one attached hydrogen (secondary N) is 1. The summed E-state index contributed by atoms with van der Waals surface area (Å²) in [5.41, 5.74) is 0.997. The van der Waals surface area contributed by atoms with Crippen LogP contribution in [0.25, 0.3) is 0 Å². The molecule has 0 saturated heterocycles. The second-order valence-corrected chi connectivity index (χ2v) is 5.67. The van der Waals surface area contributed by atoms with Gasteiger partial charge in [-0.3, -0.25) is 0 Å². The van der Waals surface area contributed by atoms with Gasteiger partial charge in [0.15, 0.2) is 0 Å². The summed E-state index contributed by atoms with van der Waals surface area (Å²) in [6, 6.07) is 0. The Morgan fingerprint density at radius 2 is 1.95 bits per heavy atom. The molecule has 0 aromatic carbocycles. The van der Waals surface area contributed by atoms with Gasteiger partial charge in [-0.2, -0.15) is 0 Å². The maximum absolute atomic E-state index is 5.40. The summed E-state index contributed by atoms with van der Waals surface area (Å²) in [5.74, 6) is 2.49. The third-order valence-corrected chi connectivity index (χ3v) is 3.60. The lowest BCUT2D eigenvalue weighted by Crippen LogP contribution is -2.08. The first-order chi connectivity index (χ1) is 9.51. The van der Waals surface area contributed by atoms with Gasteiger partial charge in [-0.15, -0.1) is 10.2 Å². The summed E-state index contributed by atoms with van der Waals surface area (Å²) in [6.07, 6.45) is 0. The van der Waals surface area contributed by atoms with Crippen molar-refractivity contribution in [3.63, 3.8) is 0 Å². The molecular weight excluding hydrogens is 274 g/mol. The lowest BCUT2D eigenvalue weighted by atomic mass is 10.2. The van der Waals surface area contributed by atoms with E-state index in [0.29, 0.717) is 11.1 Å². The van der Waals surface area contributed by atoms with E-state index in [1.54, 1.807) is 6.92 Å². The molecule has 2 aromatic heterocycles. The van der Waals surface area contributed by atoms with E-state index in [0.717, 1.165) is 28.8 Å². The predicted octanol–water partition coefficient (Wildman–Crippen LogP) is 3.18. The largest absolute Gasteiger partial charge is 0.416 e. The van der Waals surface area contributed by atoms with Crippen LogP contribution in [0.1, 0.15) is 44.0 Å². The lowest BCUT2D eigenvalue weighted by Gasteiger charge is -2.13. The molecule has 7 heteroatoms. The smallest absolute Gasteiger partial charge is 0.282 e. The molecule has 0 unspecified atom stereocenters. The maximum Gasteiger partial charge on any atom is 0.282 e. The predicted molar refractivity (Wildman–Crippen MR) is 78.2 cm³/mol. The van der Waals surface area contributed by atoms with Crippen molar-refractivity contribution in [3.8, 4) is 0 Å². The van der Waals surface area contributed by atoms with Gasteiger partial charge in [0.05, 0.1) is 0 Å². The van der Waals surface area contributed by atoms with Crippen LogP contribution in [0.2, 0.25) is 0 Å². The standard InChI is InChI=1S/C13H19N5OS/c1-6-14-11-8(4)12(16-10(15-11)7(2)3)20-13-18-17-9(5)19-13/h7H,6H2,1-5H3,(H,14,15,16). The number of nitrogens with zero attached hydrogens (tertiary/aromatic N) is 4. The van der Waals surface area contributed by atoms with E-state index in [1.807, 2.05) is 13.8 Å². The van der Waals surface area contributed by atoms with Gasteiger partial charge in [0.25, 0.3) is 5.22 Å². The fourth-order valence-corrected chi connectivity index (χ4v) is 2.41. The molecule has 6 nitrogen and oxygen atoms in total. The molecule has 0 aliphatic heterocycles. The van der Waals surface area contributed by atoms with Crippen LogP contribution in [0, 0.1) is 13.8 Å². The Morgan fingerprint density at radius 1 is 1.20 bits per heavy atom. The molecular formula is C13H19N5OS. The zero-order valence-corrected chi connectivity index (χ0v) is 13.2. The van der Waals surface area contributed by atoms with Crippen molar-refractivity contribution in [2.45, 2.75) is 50.8 Å². The van der Waals surface area contributed by atoms with E-state index in [-0.39, 0.29) is 5.92 Å². The Balaban J connectivity index is 2.39. The van der Waals surface area contributed by atoms with Crippen LogP contribution in [-0.2, 0) is 0 Å². The van der Waals surface area contributed by atoms with Crippen LogP contribution in [-0.4, -0.2) is 26.7 Å². The molecule has 2 aromatic rings. The van der Waals surface area contributed by atoms with Gasteiger partial charge < -0.3 is 9.73 Å². The second-order valence-electron chi connectivity index (χ2n) is 4.73. The highest BCUT2D eigenvalue weighted by atomic mass is 32.2. The van der Waals surface area contributed by atoms with Crippen LogP contribution in [0.15, 0.2) is 14.7 Å². The Kier molecular flexibility index (Phi) is 4.59. The first-order valence-electron chi connectivity index (χ1n) is 6.61. The molecule has 2 rings (SSSR count). The highest BCUT2D eigenvalue weighted by Crippen LogP contribution is 2.31. The van der Waals surface area contributed by atoms with E-state index in [9.17, 15) is 0 Å². The summed E-state index contributed by atoms with van der Waals surface area (Å²) in [4.78, 5) is 9.17. The second kappa shape index (κ2) is 6.21. The highest BCUT2D eigenvalue weighted by Gasteiger charge is 2.16. The van der Waals surface area contributed by atoms with Gasteiger partial charge in [0, 0.05) is 24.9 Å². The van der Waals surface area contributed by atoms with Crippen molar-refractivity contribution in [1.29, 1.82) is 0 Å². The summed E-state index contributed by atoms with van der Waals surface area (Å²) in [6.45, 7) is 10.8. The van der Waals surface area contributed by atoms with Gasteiger partial charge in [-0.25, -0.2) is 9.97 Å². The first kappa shape index (κ1) is 14.8. The number of hydrogen-bond donors (Lipinski definition) is 1. The van der Waals surface area contributed by atoms with Crippen LogP contribution in [0.5, 0.6) is 0 Å². The Morgan fingerprint density at radius 3 is 2.50 bits per heavy atom. The van der Waals surface area contributed by atoms with Gasteiger partial charge in [0.1, 0.15) is 16.7 Å². The monoisotopic (exact) mass is 293 g/mol. The maximum atomic E-state index is 5.40. The Labute approximate surface area is 122 Å². The van der Waals surface area contributed by atoms with Gasteiger partial charge in [0.2, 0.25) is 5.89 Å². The van der Waals surface area contributed by atoms with Crippen LogP contribution in [0.4, 0.5) is 5.82 Å².